The van der Waals surface area contributed by atoms with Gasteiger partial charge in [0.05, 0.1) is 17.9 Å². The van der Waals surface area contributed by atoms with E-state index in [2.05, 4.69) is 11.4 Å². The molecule has 3 amide bonds. The fourth-order valence-electron chi connectivity index (χ4n) is 3.72. The quantitative estimate of drug-likeness (QED) is 0.619. The highest BCUT2D eigenvalue weighted by Crippen LogP contribution is 2.35. The summed E-state index contributed by atoms with van der Waals surface area (Å²) in [7, 11) is 0. The number of imide groups is 1. The van der Waals surface area contributed by atoms with Crippen LogP contribution in [0.2, 0.25) is 0 Å². The molecule has 116 valence electrons. The average molecular weight is 301 g/mol. The number of nitriles is 1. The molecule has 0 bridgehead atoms. The number of nitrogens with one attached hydrogen (secondary N) is 1. The summed E-state index contributed by atoms with van der Waals surface area (Å²) in [6.45, 7) is -0.270. The number of carbonyl (C=O) groups is 3. The summed E-state index contributed by atoms with van der Waals surface area (Å²) in [5, 5.41) is 12.0. The Bertz CT molecular complexity index is 558. The van der Waals surface area contributed by atoms with Gasteiger partial charge in [-0.15, -0.1) is 0 Å². The van der Waals surface area contributed by atoms with Crippen LogP contribution in [0, 0.1) is 23.2 Å². The number of allylic oxidation sites excluding steroid dienone is 2. The van der Waals surface area contributed by atoms with Gasteiger partial charge in [-0.3, -0.25) is 19.3 Å². The zero-order valence-corrected chi connectivity index (χ0v) is 12.4. The van der Waals surface area contributed by atoms with Gasteiger partial charge in [-0.25, -0.2) is 0 Å². The molecule has 1 N–H and O–H groups in total. The minimum atomic E-state index is -0.822. The third-order valence-electron chi connectivity index (χ3n) is 4.95. The molecule has 0 aromatic rings. The second-order valence-corrected chi connectivity index (χ2v) is 6.37. The lowest BCUT2D eigenvalue weighted by Gasteiger charge is -2.23. The van der Waals surface area contributed by atoms with Crippen molar-refractivity contribution in [1.82, 2.24) is 10.2 Å². The number of rotatable bonds is 3. The van der Waals surface area contributed by atoms with Crippen molar-refractivity contribution in [1.29, 1.82) is 5.26 Å². The first-order valence-electron chi connectivity index (χ1n) is 7.79. The van der Waals surface area contributed by atoms with Gasteiger partial charge >= 0.3 is 0 Å². The highest BCUT2D eigenvalue weighted by molar-refractivity contribution is 6.07. The topological polar surface area (TPSA) is 90.3 Å². The van der Waals surface area contributed by atoms with Crippen molar-refractivity contribution in [3.05, 3.63) is 12.2 Å². The molecule has 22 heavy (non-hydrogen) atoms. The Kier molecular flexibility index (Phi) is 3.73. The Morgan fingerprint density at radius 1 is 1.23 bits per heavy atom. The number of carbonyl (C=O) groups excluding carboxylic acids is 3. The number of nitrogens with zero attached hydrogens (tertiary/aromatic N) is 2. The molecule has 6 nitrogen and oxygen atoms in total. The van der Waals surface area contributed by atoms with Crippen molar-refractivity contribution < 1.29 is 14.4 Å². The van der Waals surface area contributed by atoms with Gasteiger partial charge < -0.3 is 5.32 Å². The van der Waals surface area contributed by atoms with Crippen LogP contribution >= 0.6 is 0 Å². The van der Waals surface area contributed by atoms with Crippen LogP contribution in [-0.4, -0.2) is 34.7 Å². The van der Waals surface area contributed by atoms with E-state index < -0.39 is 11.4 Å². The molecule has 0 radical (unpaired) electrons. The smallest absolute Gasteiger partial charge is 0.241 e. The summed E-state index contributed by atoms with van der Waals surface area (Å²) in [4.78, 5) is 37.9. The van der Waals surface area contributed by atoms with E-state index in [9.17, 15) is 19.6 Å². The van der Waals surface area contributed by atoms with E-state index in [-0.39, 0.29) is 30.2 Å². The fourth-order valence-corrected chi connectivity index (χ4v) is 3.72. The normalized spacial score (nSPS) is 29.3. The Morgan fingerprint density at radius 3 is 2.27 bits per heavy atom. The number of likely N-dealkylation sites (tertiary alicyclic amines) is 1. The lowest BCUT2D eigenvalue weighted by atomic mass is 9.85. The average Bonchev–Trinajstić information content (AvgIpc) is 3.08. The molecule has 1 heterocycles. The van der Waals surface area contributed by atoms with E-state index in [0.717, 1.165) is 17.7 Å². The predicted molar refractivity (Wildman–Crippen MR) is 77.0 cm³/mol. The van der Waals surface area contributed by atoms with Crippen LogP contribution in [0.4, 0.5) is 0 Å². The molecule has 2 aliphatic carbocycles. The van der Waals surface area contributed by atoms with Gasteiger partial charge in [0.25, 0.3) is 0 Å². The second kappa shape index (κ2) is 5.56. The van der Waals surface area contributed by atoms with E-state index in [4.69, 9.17) is 0 Å². The minimum absolute atomic E-state index is 0.257. The molecule has 6 heteroatoms. The lowest BCUT2D eigenvalue weighted by molar-refractivity contribution is -0.143. The molecule has 2 fully saturated rings. The number of hydrogen-bond donors (Lipinski definition) is 1. The molecule has 0 unspecified atom stereocenters. The maximum Gasteiger partial charge on any atom is 0.241 e. The molecule has 3 aliphatic rings. The zero-order valence-electron chi connectivity index (χ0n) is 12.4. The Balaban J connectivity index is 1.66. The summed E-state index contributed by atoms with van der Waals surface area (Å²) in [5.74, 6) is -1.57. The molecule has 0 aromatic carbocycles. The van der Waals surface area contributed by atoms with Crippen LogP contribution < -0.4 is 5.32 Å². The molecule has 3 rings (SSSR count). The van der Waals surface area contributed by atoms with Gasteiger partial charge in [0.2, 0.25) is 17.7 Å². The Hall–Kier alpha value is -2.16. The largest absolute Gasteiger partial charge is 0.336 e. The van der Waals surface area contributed by atoms with Crippen molar-refractivity contribution in [2.75, 3.05) is 6.54 Å². The molecular weight excluding hydrogens is 282 g/mol. The van der Waals surface area contributed by atoms with Crippen molar-refractivity contribution in [3.8, 4) is 6.07 Å². The van der Waals surface area contributed by atoms with Crippen LogP contribution in [0.1, 0.15) is 38.5 Å². The Morgan fingerprint density at radius 2 is 1.77 bits per heavy atom. The number of hydrogen-bond acceptors (Lipinski definition) is 4. The summed E-state index contributed by atoms with van der Waals surface area (Å²) < 4.78 is 0. The third-order valence-corrected chi connectivity index (χ3v) is 4.95. The first-order valence-corrected chi connectivity index (χ1v) is 7.79. The highest BCUT2D eigenvalue weighted by Gasteiger charge is 2.48. The molecule has 1 saturated heterocycles. The molecular formula is C16H19N3O3. The van der Waals surface area contributed by atoms with Gasteiger partial charge in [-0.05, 0) is 38.5 Å². The van der Waals surface area contributed by atoms with Crippen LogP contribution in [0.5, 0.6) is 0 Å². The van der Waals surface area contributed by atoms with Gasteiger partial charge in [0, 0.05) is 0 Å². The highest BCUT2D eigenvalue weighted by atomic mass is 16.2. The van der Waals surface area contributed by atoms with Gasteiger partial charge in [-0.1, -0.05) is 12.2 Å². The van der Waals surface area contributed by atoms with Crippen molar-refractivity contribution in [3.63, 3.8) is 0 Å². The number of amides is 3. The standard InChI is InChI=1S/C16H19N3O3/c17-10-16(7-3-4-8-16)18-13(20)9-19-14(21)11-5-1-2-6-12(11)15(19)22/h1-2,11-12H,3-9H2,(H,18,20)/t11-,12+. The van der Waals surface area contributed by atoms with E-state index in [1.807, 2.05) is 12.2 Å². The van der Waals surface area contributed by atoms with Crippen LogP contribution in [0.3, 0.4) is 0 Å². The molecule has 0 aromatic heterocycles. The maximum atomic E-state index is 12.3. The Labute approximate surface area is 129 Å². The summed E-state index contributed by atoms with van der Waals surface area (Å²) in [6, 6.07) is 2.18. The summed E-state index contributed by atoms with van der Waals surface area (Å²) in [6.07, 6.45) is 8.04. The summed E-state index contributed by atoms with van der Waals surface area (Å²) in [5.41, 5.74) is -0.822. The summed E-state index contributed by atoms with van der Waals surface area (Å²) >= 11 is 0. The zero-order chi connectivity index (χ0) is 15.7. The van der Waals surface area contributed by atoms with Gasteiger partial charge in [0.15, 0.2) is 0 Å². The fraction of sp³-hybridized carbons (Fsp3) is 0.625. The van der Waals surface area contributed by atoms with Crippen LogP contribution in [0.15, 0.2) is 12.2 Å². The van der Waals surface area contributed by atoms with Crippen LogP contribution in [0.25, 0.3) is 0 Å². The first kappa shape index (κ1) is 14.8. The lowest BCUT2D eigenvalue weighted by Crippen LogP contribution is -2.50. The third kappa shape index (κ3) is 2.41. The van der Waals surface area contributed by atoms with E-state index >= 15 is 0 Å². The maximum absolute atomic E-state index is 12.3. The molecule has 2 atom stereocenters. The monoisotopic (exact) mass is 301 g/mol. The van der Waals surface area contributed by atoms with E-state index in [1.165, 1.54) is 0 Å². The molecule has 0 spiro atoms. The van der Waals surface area contributed by atoms with Crippen molar-refractivity contribution in [2.24, 2.45) is 11.8 Å². The SMILES string of the molecule is N#CC1(NC(=O)CN2C(=O)[C@H]3CC=CC[C@H]3C2=O)CCCC1. The van der Waals surface area contributed by atoms with Crippen molar-refractivity contribution >= 4 is 17.7 Å². The van der Waals surface area contributed by atoms with Gasteiger partial charge in [-0.2, -0.15) is 5.26 Å². The predicted octanol–water partition coefficient (Wildman–Crippen LogP) is 0.890. The van der Waals surface area contributed by atoms with Crippen molar-refractivity contribution in [2.45, 2.75) is 44.1 Å². The number of fused-ring (bicyclic) bond motifs is 1. The second-order valence-electron chi connectivity index (χ2n) is 6.37. The molecule has 1 saturated carbocycles. The molecule has 1 aliphatic heterocycles. The minimum Gasteiger partial charge on any atom is -0.336 e. The first-order chi connectivity index (χ1) is 10.6. The van der Waals surface area contributed by atoms with Crippen LogP contribution in [-0.2, 0) is 14.4 Å². The van der Waals surface area contributed by atoms with E-state index in [0.29, 0.717) is 25.7 Å². The van der Waals surface area contributed by atoms with E-state index in [1.54, 1.807) is 0 Å². The van der Waals surface area contributed by atoms with Gasteiger partial charge in [0.1, 0.15) is 12.1 Å².